The maximum Gasteiger partial charge on any atom is 0.224 e. The van der Waals surface area contributed by atoms with Crippen molar-refractivity contribution in [3.05, 3.63) is 35.6 Å². The number of carbonyl (C=O) groups is 1. The van der Waals surface area contributed by atoms with Crippen molar-refractivity contribution < 1.29 is 9.18 Å². The molecule has 4 heteroatoms. The molecule has 0 aromatic heterocycles. The number of hydrogen-bond acceptors (Lipinski definition) is 1. The number of halogens is 2. The lowest BCUT2D eigenvalue weighted by Gasteiger charge is -2.06. The van der Waals surface area contributed by atoms with Crippen LogP contribution < -0.4 is 5.32 Å². The standard InChI is InChI=1S/C11H13ClFNO/c1-8(12)7-14-11(15)6-9-3-2-4-10(13)5-9/h2-5,8H,6-7H2,1H3,(H,14,15). The van der Waals surface area contributed by atoms with Gasteiger partial charge in [0, 0.05) is 11.9 Å². The summed E-state index contributed by atoms with van der Waals surface area (Å²) in [5.74, 6) is -0.473. The summed E-state index contributed by atoms with van der Waals surface area (Å²) in [6.45, 7) is 2.22. The van der Waals surface area contributed by atoms with E-state index in [1.54, 1.807) is 19.1 Å². The van der Waals surface area contributed by atoms with Gasteiger partial charge in [-0.15, -0.1) is 11.6 Å². The van der Waals surface area contributed by atoms with Crippen LogP contribution in [0.2, 0.25) is 0 Å². The lowest BCUT2D eigenvalue weighted by molar-refractivity contribution is -0.120. The van der Waals surface area contributed by atoms with Crippen molar-refractivity contribution in [2.24, 2.45) is 0 Å². The Kier molecular flexibility index (Phi) is 4.56. The van der Waals surface area contributed by atoms with Crippen molar-refractivity contribution in [1.29, 1.82) is 0 Å². The summed E-state index contributed by atoms with van der Waals surface area (Å²) in [5.41, 5.74) is 0.662. The number of rotatable bonds is 4. The van der Waals surface area contributed by atoms with Crippen LogP contribution in [-0.4, -0.2) is 17.8 Å². The molecule has 1 aromatic rings. The molecular weight excluding hydrogens is 217 g/mol. The van der Waals surface area contributed by atoms with Crippen LogP contribution >= 0.6 is 11.6 Å². The van der Waals surface area contributed by atoms with Crippen LogP contribution in [0.5, 0.6) is 0 Å². The molecular formula is C11H13ClFNO. The maximum absolute atomic E-state index is 12.8. The molecule has 1 unspecified atom stereocenters. The highest BCUT2D eigenvalue weighted by molar-refractivity contribution is 6.20. The molecule has 0 radical (unpaired) electrons. The molecule has 0 fully saturated rings. The summed E-state index contributed by atoms with van der Waals surface area (Å²) in [5, 5.41) is 2.56. The summed E-state index contributed by atoms with van der Waals surface area (Å²) in [7, 11) is 0. The molecule has 1 rings (SSSR count). The first-order chi connectivity index (χ1) is 7.08. The van der Waals surface area contributed by atoms with E-state index in [0.717, 1.165) is 0 Å². The third-order valence-electron chi connectivity index (χ3n) is 1.83. The minimum Gasteiger partial charge on any atom is -0.354 e. The lowest BCUT2D eigenvalue weighted by Crippen LogP contribution is -2.29. The molecule has 82 valence electrons. The molecule has 0 aliphatic rings. The fraction of sp³-hybridized carbons (Fsp3) is 0.364. The molecule has 0 aliphatic carbocycles. The largest absolute Gasteiger partial charge is 0.354 e. The third kappa shape index (κ3) is 4.79. The van der Waals surface area contributed by atoms with E-state index in [1.165, 1.54) is 12.1 Å². The van der Waals surface area contributed by atoms with Crippen molar-refractivity contribution in [1.82, 2.24) is 5.32 Å². The molecule has 0 saturated carbocycles. The van der Waals surface area contributed by atoms with Gasteiger partial charge in [0.2, 0.25) is 5.91 Å². The molecule has 1 aromatic carbocycles. The van der Waals surface area contributed by atoms with Crippen molar-refractivity contribution in [2.75, 3.05) is 6.54 Å². The quantitative estimate of drug-likeness (QED) is 0.788. The van der Waals surface area contributed by atoms with E-state index in [1.807, 2.05) is 0 Å². The number of amides is 1. The summed E-state index contributed by atoms with van der Waals surface area (Å²) >= 11 is 5.68. The summed E-state index contributed by atoms with van der Waals surface area (Å²) in [6, 6.07) is 6.00. The minimum atomic E-state index is -0.328. The highest BCUT2D eigenvalue weighted by Crippen LogP contribution is 2.04. The molecule has 0 spiro atoms. The Hall–Kier alpha value is -1.09. The molecule has 1 amide bonds. The van der Waals surface area contributed by atoms with Gasteiger partial charge in [-0.3, -0.25) is 4.79 Å². The number of alkyl halides is 1. The van der Waals surface area contributed by atoms with Crippen LogP contribution in [0.3, 0.4) is 0 Å². The predicted octanol–water partition coefficient (Wildman–Crippen LogP) is 2.11. The molecule has 0 saturated heterocycles. The molecule has 15 heavy (non-hydrogen) atoms. The Morgan fingerprint density at radius 2 is 2.33 bits per heavy atom. The minimum absolute atomic E-state index is 0.0959. The first kappa shape index (κ1) is 12.0. The van der Waals surface area contributed by atoms with E-state index in [0.29, 0.717) is 12.1 Å². The zero-order valence-electron chi connectivity index (χ0n) is 8.47. The van der Waals surface area contributed by atoms with Crippen molar-refractivity contribution in [3.63, 3.8) is 0 Å². The smallest absolute Gasteiger partial charge is 0.224 e. The number of nitrogens with one attached hydrogen (secondary N) is 1. The zero-order valence-corrected chi connectivity index (χ0v) is 9.22. The van der Waals surface area contributed by atoms with Crippen LogP contribution in [0.15, 0.2) is 24.3 Å². The number of carbonyl (C=O) groups excluding carboxylic acids is 1. The van der Waals surface area contributed by atoms with Gasteiger partial charge in [0.05, 0.1) is 6.42 Å². The molecule has 0 bridgehead atoms. The summed E-state index contributed by atoms with van der Waals surface area (Å²) < 4.78 is 12.8. The number of hydrogen-bond donors (Lipinski definition) is 1. The van der Waals surface area contributed by atoms with E-state index in [4.69, 9.17) is 11.6 Å². The van der Waals surface area contributed by atoms with E-state index in [2.05, 4.69) is 5.32 Å². The van der Waals surface area contributed by atoms with Crippen LogP contribution in [0, 0.1) is 5.82 Å². The van der Waals surface area contributed by atoms with Gasteiger partial charge in [0.15, 0.2) is 0 Å². The van der Waals surface area contributed by atoms with E-state index >= 15 is 0 Å². The Balaban J connectivity index is 2.44. The molecule has 1 N–H and O–H groups in total. The van der Waals surface area contributed by atoms with Crippen molar-refractivity contribution in [2.45, 2.75) is 18.7 Å². The lowest BCUT2D eigenvalue weighted by atomic mass is 10.1. The average molecular weight is 230 g/mol. The SMILES string of the molecule is CC(Cl)CNC(=O)Cc1cccc(F)c1. The summed E-state index contributed by atoms with van der Waals surface area (Å²) in [4.78, 5) is 11.3. The van der Waals surface area contributed by atoms with Gasteiger partial charge in [-0.05, 0) is 24.6 Å². The maximum atomic E-state index is 12.8. The third-order valence-corrected chi connectivity index (χ3v) is 1.99. The topological polar surface area (TPSA) is 29.1 Å². The second-order valence-electron chi connectivity index (χ2n) is 3.39. The Bertz CT molecular complexity index is 341. The van der Waals surface area contributed by atoms with Gasteiger partial charge in [-0.1, -0.05) is 12.1 Å². The Morgan fingerprint density at radius 3 is 2.93 bits per heavy atom. The van der Waals surface area contributed by atoms with Gasteiger partial charge in [0.25, 0.3) is 0 Å². The van der Waals surface area contributed by atoms with E-state index < -0.39 is 0 Å². The zero-order chi connectivity index (χ0) is 11.3. The second kappa shape index (κ2) is 5.71. The Morgan fingerprint density at radius 1 is 1.60 bits per heavy atom. The van der Waals surface area contributed by atoms with Gasteiger partial charge in [-0.25, -0.2) is 4.39 Å². The predicted molar refractivity (Wildman–Crippen MR) is 58.4 cm³/mol. The first-order valence-corrected chi connectivity index (χ1v) is 5.17. The van der Waals surface area contributed by atoms with E-state index in [9.17, 15) is 9.18 Å². The van der Waals surface area contributed by atoms with Crippen LogP contribution in [0.1, 0.15) is 12.5 Å². The second-order valence-corrected chi connectivity index (χ2v) is 4.14. The average Bonchev–Trinajstić information content (AvgIpc) is 2.15. The molecule has 0 heterocycles. The number of benzene rings is 1. The monoisotopic (exact) mass is 229 g/mol. The van der Waals surface area contributed by atoms with E-state index in [-0.39, 0.29) is 23.5 Å². The molecule has 2 nitrogen and oxygen atoms in total. The van der Waals surface area contributed by atoms with Crippen LogP contribution in [0.4, 0.5) is 4.39 Å². The van der Waals surface area contributed by atoms with Gasteiger partial charge >= 0.3 is 0 Å². The fourth-order valence-electron chi connectivity index (χ4n) is 1.15. The molecule has 0 aliphatic heterocycles. The molecule has 1 atom stereocenters. The van der Waals surface area contributed by atoms with Gasteiger partial charge in [0.1, 0.15) is 5.82 Å². The fourth-order valence-corrected chi connectivity index (χ4v) is 1.23. The van der Waals surface area contributed by atoms with Crippen molar-refractivity contribution >= 4 is 17.5 Å². The summed E-state index contributed by atoms with van der Waals surface area (Å²) in [6.07, 6.45) is 0.182. The highest BCUT2D eigenvalue weighted by atomic mass is 35.5. The van der Waals surface area contributed by atoms with Crippen LogP contribution in [0.25, 0.3) is 0 Å². The van der Waals surface area contributed by atoms with Gasteiger partial charge in [-0.2, -0.15) is 0 Å². The Labute approximate surface area is 93.4 Å². The van der Waals surface area contributed by atoms with Crippen LogP contribution in [-0.2, 0) is 11.2 Å². The normalized spacial score (nSPS) is 12.2. The van der Waals surface area contributed by atoms with Crippen molar-refractivity contribution in [3.8, 4) is 0 Å². The highest BCUT2D eigenvalue weighted by Gasteiger charge is 2.04. The van der Waals surface area contributed by atoms with Gasteiger partial charge < -0.3 is 5.32 Å². The first-order valence-electron chi connectivity index (χ1n) is 4.73.